The van der Waals surface area contributed by atoms with Crippen LogP contribution in [-0.2, 0) is 4.79 Å². The van der Waals surface area contributed by atoms with Crippen LogP contribution in [0.15, 0.2) is 24.5 Å². The Labute approximate surface area is 123 Å². The van der Waals surface area contributed by atoms with E-state index in [0.717, 1.165) is 24.1 Å². The Bertz CT molecular complexity index is 623. The number of benzene rings is 1. The van der Waals surface area contributed by atoms with Gasteiger partial charge in [-0.2, -0.15) is 0 Å². The molecule has 4 rings (SSSR count). The molecule has 1 aliphatic heterocycles. The Hall–Kier alpha value is -2.01. The minimum absolute atomic E-state index is 0.222. The SMILES string of the molecule is CCC(=O)O.c1cnc2cc3c(cc2n1)[C@H]1CNC[C@H]3C1. The lowest BCUT2D eigenvalue weighted by Gasteiger charge is -2.19. The van der Waals surface area contributed by atoms with E-state index in [9.17, 15) is 4.79 Å². The van der Waals surface area contributed by atoms with Crippen LogP contribution in [0.2, 0.25) is 0 Å². The summed E-state index contributed by atoms with van der Waals surface area (Å²) in [6.45, 7) is 3.84. The number of nitrogens with zero attached hydrogens (tertiary/aromatic N) is 2. The summed E-state index contributed by atoms with van der Waals surface area (Å²) in [5.41, 5.74) is 5.08. The van der Waals surface area contributed by atoms with Crippen LogP contribution < -0.4 is 5.32 Å². The van der Waals surface area contributed by atoms with Gasteiger partial charge in [0.1, 0.15) is 0 Å². The first-order chi connectivity index (χ1) is 10.2. The summed E-state index contributed by atoms with van der Waals surface area (Å²) in [7, 11) is 0. The predicted octanol–water partition coefficient (Wildman–Crippen LogP) is 2.28. The number of nitrogens with one attached hydrogen (secondary N) is 1. The summed E-state index contributed by atoms with van der Waals surface area (Å²) in [5.74, 6) is 0.644. The molecule has 2 heterocycles. The van der Waals surface area contributed by atoms with E-state index >= 15 is 0 Å². The van der Waals surface area contributed by atoms with Gasteiger partial charge in [0.25, 0.3) is 0 Å². The number of aromatic nitrogens is 2. The maximum absolute atomic E-state index is 9.37. The molecule has 0 radical (unpaired) electrons. The Kier molecular flexibility index (Phi) is 3.84. The molecule has 21 heavy (non-hydrogen) atoms. The number of fused-ring (bicyclic) bond motifs is 6. The number of hydrogen-bond donors (Lipinski definition) is 2. The van der Waals surface area contributed by atoms with Crippen LogP contribution in [0, 0.1) is 0 Å². The molecule has 0 saturated carbocycles. The van der Waals surface area contributed by atoms with E-state index in [4.69, 9.17) is 5.11 Å². The van der Waals surface area contributed by atoms with Crippen molar-refractivity contribution in [1.82, 2.24) is 15.3 Å². The van der Waals surface area contributed by atoms with Crippen molar-refractivity contribution in [2.45, 2.75) is 31.6 Å². The van der Waals surface area contributed by atoms with Crippen LogP contribution in [0.1, 0.15) is 42.7 Å². The molecule has 0 unspecified atom stereocenters. The van der Waals surface area contributed by atoms with Crippen LogP contribution >= 0.6 is 0 Å². The van der Waals surface area contributed by atoms with Gasteiger partial charge >= 0.3 is 5.97 Å². The maximum atomic E-state index is 9.37. The van der Waals surface area contributed by atoms with Crippen molar-refractivity contribution in [1.29, 1.82) is 0 Å². The van der Waals surface area contributed by atoms with Crippen molar-refractivity contribution in [3.8, 4) is 0 Å². The number of piperidine rings is 1. The van der Waals surface area contributed by atoms with E-state index in [1.165, 1.54) is 17.5 Å². The highest BCUT2D eigenvalue weighted by Crippen LogP contribution is 2.44. The van der Waals surface area contributed by atoms with Gasteiger partial charge in [0, 0.05) is 31.9 Å². The number of carboxylic acids is 1. The minimum atomic E-state index is -0.745. The first kappa shape index (κ1) is 13.9. The molecule has 1 saturated heterocycles. The summed E-state index contributed by atoms with van der Waals surface area (Å²) in [4.78, 5) is 18.1. The Morgan fingerprint density at radius 2 is 1.67 bits per heavy atom. The summed E-state index contributed by atoms with van der Waals surface area (Å²) in [6.07, 6.45) is 5.07. The molecule has 1 aromatic heterocycles. The first-order valence-corrected chi connectivity index (χ1v) is 7.36. The molecule has 5 heteroatoms. The van der Waals surface area contributed by atoms with E-state index in [-0.39, 0.29) is 6.42 Å². The second-order valence-electron chi connectivity index (χ2n) is 5.56. The van der Waals surface area contributed by atoms with Crippen molar-refractivity contribution in [3.63, 3.8) is 0 Å². The maximum Gasteiger partial charge on any atom is 0.303 e. The third kappa shape index (κ3) is 2.74. The van der Waals surface area contributed by atoms with Crippen molar-refractivity contribution < 1.29 is 9.90 Å². The van der Waals surface area contributed by atoms with Crippen molar-refractivity contribution in [3.05, 3.63) is 35.7 Å². The van der Waals surface area contributed by atoms with Gasteiger partial charge in [0.05, 0.1) is 11.0 Å². The zero-order valence-corrected chi connectivity index (χ0v) is 12.0. The van der Waals surface area contributed by atoms with Gasteiger partial charge in [-0.05, 0) is 41.5 Å². The fraction of sp³-hybridized carbons (Fsp3) is 0.438. The number of carbonyl (C=O) groups is 1. The van der Waals surface area contributed by atoms with E-state index in [1.54, 1.807) is 19.3 Å². The first-order valence-electron chi connectivity index (χ1n) is 7.36. The molecule has 5 nitrogen and oxygen atoms in total. The van der Waals surface area contributed by atoms with Crippen molar-refractivity contribution in [2.75, 3.05) is 13.1 Å². The number of rotatable bonds is 1. The van der Waals surface area contributed by atoms with E-state index in [1.807, 2.05) is 0 Å². The van der Waals surface area contributed by atoms with Crippen LogP contribution in [0.5, 0.6) is 0 Å². The average Bonchev–Trinajstić information content (AvgIpc) is 2.76. The zero-order valence-electron chi connectivity index (χ0n) is 12.0. The Balaban J connectivity index is 0.000000233. The van der Waals surface area contributed by atoms with Gasteiger partial charge in [0.15, 0.2) is 0 Å². The molecule has 2 bridgehead atoms. The minimum Gasteiger partial charge on any atom is -0.481 e. The van der Waals surface area contributed by atoms with Gasteiger partial charge < -0.3 is 10.4 Å². The number of hydrogen-bond acceptors (Lipinski definition) is 4. The van der Waals surface area contributed by atoms with Crippen LogP contribution in [0.3, 0.4) is 0 Å². The number of aliphatic carboxylic acids is 1. The molecule has 2 aromatic rings. The molecule has 2 aliphatic rings. The van der Waals surface area contributed by atoms with E-state index < -0.39 is 5.97 Å². The third-order valence-corrected chi connectivity index (χ3v) is 4.21. The fourth-order valence-electron chi connectivity index (χ4n) is 3.17. The van der Waals surface area contributed by atoms with Gasteiger partial charge in [-0.25, -0.2) is 0 Å². The smallest absolute Gasteiger partial charge is 0.303 e. The van der Waals surface area contributed by atoms with Gasteiger partial charge in [-0.3, -0.25) is 14.8 Å². The highest BCUT2D eigenvalue weighted by molar-refractivity contribution is 5.77. The predicted molar refractivity (Wildman–Crippen MR) is 80.4 cm³/mol. The third-order valence-electron chi connectivity index (χ3n) is 4.21. The normalized spacial score (nSPS) is 22.3. The van der Waals surface area contributed by atoms with E-state index in [2.05, 4.69) is 27.4 Å². The Morgan fingerprint density at radius 1 is 1.19 bits per heavy atom. The molecule has 1 fully saturated rings. The standard InChI is InChI=1S/C13H13N3.C3H6O2/c1-2-16-13-5-11-9-3-8(6-14-7-9)10(11)4-12(13)15-1;1-2-3(4)5/h1-2,4-5,8-9,14H,3,6-7H2;2H2,1H3,(H,4,5)/t8-,9-;/m1./s1. The molecule has 1 aromatic carbocycles. The summed E-state index contributed by atoms with van der Waals surface area (Å²) in [6, 6.07) is 4.49. The highest BCUT2D eigenvalue weighted by atomic mass is 16.4. The molecule has 0 amide bonds. The van der Waals surface area contributed by atoms with Gasteiger partial charge in [-0.15, -0.1) is 0 Å². The molecule has 2 atom stereocenters. The molecular weight excluding hydrogens is 266 g/mol. The van der Waals surface area contributed by atoms with Crippen LogP contribution in [-0.4, -0.2) is 34.1 Å². The molecular formula is C16H19N3O2. The number of carboxylic acid groups (broad SMARTS) is 1. The summed E-state index contributed by atoms with van der Waals surface area (Å²) in [5, 5.41) is 11.2. The summed E-state index contributed by atoms with van der Waals surface area (Å²) < 4.78 is 0. The van der Waals surface area contributed by atoms with Crippen LogP contribution in [0.25, 0.3) is 11.0 Å². The van der Waals surface area contributed by atoms with Gasteiger partial charge in [-0.1, -0.05) is 6.92 Å². The molecule has 0 spiro atoms. The lowest BCUT2D eigenvalue weighted by atomic mass is 9.98. The topological polar surface area (TPSA) is 75.1 Å². The second kappa shape index (κ2) is 5.77. The van der Waals surface area contributed by atoms with Crippen molar-refractivity contribution >= 4 is 17.0 Å². The quantitative estimate of drug-likeness (QED) is 0.840. The van der Waals surface area contributed by atoms with Gasteiger partial charge in [0.2, 0.25) is 0 Å². The molecule has 110 valence electrons. The lowest BCUT2D eigenvalue weighted by Crippen LogP contribution is -2.28. The lowest BCUT2D eigenvalue weighted by molar-refractivity contribution is -0.136. The highest BCUT2D eigenvalue weighted by Gasteiger charge is 2.34. The van der Waals surface area contributed by atoms with Crippen LogP contribution in [0.4, 0.5) is 0 Å². The zero-order chi connectivity index (χ0) is 14.8. The van der Waals surface area contributed by atoms with E-state index in [0.29, 0.717) is 11.8 Å². The second-order valence-corrected chi connectivity index (χ2v) is 5.56. The fourth-order valence-corrected chi connectivity index (χ4v) is 3.17. The summed E-state index contributed by atoms with van der Waals surface area (Å²) >= 11 is 0. The average molecular weight is 285 g/mol. The van der Waals surface area contributed by atoms with Crippen molar-refractivity contribution in [2.24, 2.45) is 0 Å². The molecule has 1 aliphatic carbocycles. The Morgan fingerprint density at radius 3 is 2.10 bits per heavy atom. The molecule has 2 N–H and O–H groups in total. The monoisotopic (exact) mass is 285 g/mol. The largest absolute Gasteiger partial charge is 0.481 e.